The molecule has 5 heteroatoms. The van der Waals surface area contributed by atoms with E-state index in [2.05, 4.69) is 17.0 Å². The number of rotatable bonds is 4. The van der Waals surface area contributed by atoms with Crippen molar-refractivity contribution in [2.45, 2.75) is 20.4 Å². The average molecular weight is 260 g/mol. The van der Waals surface area contributed by atoms with Gasteiger partial charge < -0.3 is 9.64 Å². The van der Waals surface area contributed by atoms with Crippen molar-refractivity contribution in [1.82, 2.24) is 14.8 Å². The van der Waals surface area contributed by atoms with Crippen LogP contribution in [0, 0.1) is 6.92 Å². The van der Waals surface area contributed by atoms with Crippen molar-refractivity contribution in [1.29, 1.82) is 0 Å². The Hall–Kier alpha value is -2.04. The molecule has 0 atom stereocenters. The highest BCUT2D eigenvalue weighted by Gasteiger charge is 2.12. The van der Waals surface area contributed by atoms with E-state index in [-0.39, 0.29) is 0 Å². The van der Waals surface area contributed by atoms with Gasteiger partial charge in [-0.2, -0.15) is 4.98 Å². The van der Waals surface area contributed by atoms with Gasteiger partial charge in [-0.15, -0.1) is 5.10 Å². The molecule has 2 aromatic rings. The van der Waals surface area contributed by atoms with Gasteiger partial charge in [0.05, 0.1) is 7.11 Å². The Morgan fingerprint density at radius 2 is 2.05 bits per heavy atom. The van der Waals surface area contributed by atoms with E-state index in [0.717, 1.165) is 35.2 Å². The number of anilines is 1. The molecule has 1 aromatic heterocycles. The van der Waals surface area contributed by atoms with Crippen LogP contribution in [0.4, 0.5) is 5.95 Å². The minimum absolute atomic E-state index is 0.747. The molecule has 2 rings (SSSR count). The molecule has 1 heterocycles. The lowest BCUT2D eigenvalue weighted by Crippen LogP contribution is -2.15. The Labute approximate surface area is 113 Å². The van der Waals surface area contributed by atoms with Gasteiger partial charge in [-0.3, -0.25) is 0 Å². The first-order chi connectivity index (χ1) is 9.06. The fourth-order valence-electron chi connectivity index (χ4n) is 2.02. The molecule has 102 valence electrons. The number of hydrogen-bond acceptors (Lipinski definition) is 4. The van der Waals surface area contributed by atoms with Gasteiger partial charge in [0.15, 0.2) is 5.82 Å². The number of aromatic nitrogens is 3. The third-order valence-corrected chi connectivity index (χ3v) is 3.00. The number of nitrogens with zero attached hydrogens (tertiary/aromatic N) is 4. The van der Waals surface area contributed by atoms with Crippen molar-refractivity contribution >= 4 is 5.95 Å². The SMILES string of the molecule is CCn1nc(-c2ccc(OC)c(C)c2)nc1N(C)C. The average Bonchev–Trinajstić information content (AvgIpc) is 2.83. The third kappa shape index (κ3) is 2.54. The maximum Gasteiger partial charge on any atom is 0.223 e. The van der Waals surface area contributed by atoms with Crippen molar-refractivity contribution in [3.05, 3.63) is 23.8 Å². The summed E-state index contributed by atoms with van der Waals surface area (Å²) < 4.78 is 7.17. The van der Waals surface area contributed by atoms with Gasteiger partial charge in [-0.05, 0) is 37.6 Å². The minimum Gasteiger partial charge on any atom is -0.496 e. The van der Waals surface area contributed by atoms with Crippen LogP contribution in [-0.4, -0.2) is 36.0 Å². The summed E-state index contributed by atoms with van der Waals surface area (Å²) in [5, 5.41) is 4.54. The van der Waals surface area contributed by atoms with Gasteiger partial charge >= 0.3 is 0 Å². The van der Waals surface area contributed by atoms with Gasteiger partial charge in [-0.25, -0.2) is 4.68 Å². The van der Waals surface area contributed by atoms with Gasteiger partial charge in [0.2, 0.25) is 5.95 Å². The smallest absolute Gasteiger partial charge is 0.223 e. The molecule has 0 aliphatic rings. The van der Waals surface area contributed by atoms with E-state index >= 15 is 0 Å². The Morgan fingerprint density at radius 1 is 1.32 bits per heavy atom. The molecule has 0 saturated heterocycles. The van der Waals surface area contributed by atoms with Crippen molar-refractivity contribution in [3.63, 3.8) is 0 Å². The largest absolute Gasteiger partial charge is 0.496 e. The minimum atomic E-state index is 0.747. The maximum absolute atomic E-state index is 5.27. The maximum atomic E-state index is 5.27. The Bertz CT molecular complexity index is 575. The first-order valence-corrected chi connectivity index (χ1v) is 6.34. The van der Waals surface area contributed by atoms with E-state index in [1.54, 1.807) is 7.11 Å². The van der Waals surface area contributed by atoms with Crippen LogP contribution >= 0.6 is 0 Å². The lowest BCUT2D eigenvalue weighted by molar-refractivity contribution is 0.412. The predicted molar refractivity (Wildman–Crippen MR) is 76.7 cm³/mol. The van der Waals surface area contributed by atoms with Crippen molar-refractivity contribution in [2.24, 2.45) is 0 Å². The second-order valence-corrected chi connectivity index (χ2v) is 4.63. The highest BCUT2D eigenvalue weighted by Crippen LogP contribution is 2.25. The number of hydrogen-bond donors (Lipinski definition) is 0. The molecule has 1 aromatic carbocycles. The number of benzene rings is 1. The first-order valence-electron chi connectivity index (χ1n) is 6.34. The quantitative estimate of drug-likeness (QED) is 0.846. The molecular weight excluding hydrogens is 240 g/mol. The zero-order chi connectivity index (χ0) is 14.0. The number of aryl methyl sites for hydroxylation is 2. The van der Waals surface area contributed by atoms with Crippen LogP contribution in [0.3, 0.4) is 0 Å². The van der Waals surface area contributed by atoms with Crippen LogP contribution in [0.1, 0.15) is 12.5 Å². The molecule has 0 aliphatic carbocycles. The standard InChI is InChI=1S/C14H20N4O/c1-6-18-14(17(3)4)15-13(16-18)11-7-8-12(19-5)10(2)9-11/h7-9H,6H2,1-5H3. The highest BCUT2D eigenvalue weighted by molar-refractivity contribution is 5.59. The molecule has 0 fully saturated rings. The molecule has 0 N–H and O–H groups in total. The van der Waals surface area contributed by atoms with Gasteiger partial charge in [0, 0.05) is 26.2 Å². The second-order valence-electron chi connectivity index (χ2n) is 4.63. The van der Waals surface area contributed by atoms with Crippen LogP contribution < -0.4 is 9.64 Å². The predicted octanol–water partition coefficient (Wildman–Crippen LogP) is 2.35. The normalized spacial score (nSPS) is 10.6. The van der Waals surface area contributed by atoms with Crippen LogP contribution in [-0.2, 0) is 6.54 Å². The fourth-order valence-corrected chi connectivity index (χ4v) is 2.02. The Kier molecular flexibility index (Phi) is 3.74. The van der Waals surface area contributed by atoms with Gasteiger partial charge in [0.1, 0.15) is 5.75 Å². The summed E-state index contributed by atoms with van der Waals surface area (Å²) >= 11 is 0. The van der Waals surface area contributed by atoms with Crippen LogP contribution in [0.2, 0.25) is 0 Å². The fraction of sp³-hybridized carbons (Fsp3) is 0.429. The summed E-state index contributed by atoms with van der Waals surface area (Å²) in [5.41, 5.74) is 2.09. The zero-order valence-electron chi connectivity index (χ0n) is 12.1. The van der Waals surface area contributed by atoms with Crippen molar-refractivity contribution in [3.8, 4) is 17.1 Å². The van der Waals surface area contributed by atoms with E-state index in [1.165, 1.54) is 0 Å². The third-order valence-electron chi connectivity index (χ3n) is 3.00. The van der Waals surface area contributed by atoms with E-state index < -0.39 is 0 Å². The van der Waals surface area contributed by atoms with Crippen LogP contribution in [0.5, 0.6) is 5.75 Å². The lowest BCUT2D eigenvalue weighted by Gasteiger charge is -2.10. The summed E-state index contributed by atoms with van der Waals surface area (Å²) in [6.45, 7) is 4.88. The topological polar surface area (TPSA) is 43.2 Å². The molecule has 0 aliphatic heterocycles. The first kappa shape index (κ1) is 13.4. The molecule has 0 unspecified atom stereocenters. The molecule has 0 spiro atoms. The summed E-state index contributed by atoms with van der Waals surface area (Å²) in [6.07, 6.45) is 0. The Morgan fingerprint density at radius 3 is 2.53 bits per heavy atom. The Balaban J connectivity index is 2.44. The van der Waals surface area contributed by atoms with E-state index in [4.69, 9.17) is 4.74 Å². The van der Waals surface area contributed by atoms with Crippen molar-refractivity contribution < 1.29 is 4.74 Å². The molecule has 5 nitrogen and oxygen atoms in total. The summed E-state index contributed by atoms with van der Waals surface area (Å²) in [4.78, 5) is 6.55. The van der Waals surface area contributed by atoms with Crippen molar-refractivity contribution in [2.75, 3.05) is 26.1 Å². The van der Waals surface area contributed by atoms with Crippen LogP contribution in [0.25, 0.3) is 11.4 Å². The van der Waals surface area contributed by atoms with E-state index in [0.29, 0.717) is 0 Å². The molecule has 0 radical (unpaired) electrons. The molecular formula is C14H20N4O. The molecule has 19 heavy (non-hydrogen) atoms. The number of ether oxygens (including phenoxy) is 1. The highest BCUT2D eigenvalue weighted by atomic mass is 16.5. The van der Waals surface area contributed by atoms with Crippen LogP contribution in [0.15, 0.2) is 18.2 Å². The zero-order valence-corrected chi connectivity index (χ0v) is 12.1. The molecule has 0 amide bonds. The lowest BCUT2D eigenvalue weighted by atomic mass is 10.1. The molecule has 0 saturated carbocycles. The summed E-state index contributed by atoms with van der Waals surface area (Å²) in [6, 6.07) is 5.99. The van der Waals surface area contributed by atoms with E-state index in [9.17, 15) is 0 Å². The van der Waals surface area contributed by atoms with Gasteiger partial charge in [0.25, 0.3) is 0 Å². The monoisotopic (exact) mass is 260 g/mol. The summed E-state index contributed by atoms with van der Waals surface area (Å²) in [7, 11) is 5.62. The van der Waals surface area contributed by atoms with Gasteiger partial charge in [-0.1, -0.05) is 0 Å². The second kappa shape index (κ2) is 5.30. The van der Waals surface area contributed by atoms with E-state index in [1.807, 2.05) is 48.8 Å². The summed E-state index contributed by atoms with van der Waals surface area (Å²) in [5.74, 6) is 2.49. The molecule has 0 bridgehead atoms. The number of methoxy groups -OCH3 is 1.